The predicted molar refractivity (Wildman–Crippen MR) is 46.9 cm³/mol. The van der Waals surface area contributed by atoms with Crippen molar-refractivity contribution < 1.29 is 14.3 Å². The van der Waals surface area contributed by atoms with Crippen LogP contribution in [0.2, 0.25) is 0 Å². The first-order valence-corrected chi connectivity index (χ1v) is 4.41. The molecule has 0 saturated carbocycles. The Labute approximate surface area is 77.6 Å². The predicted octanol–water partition coefficient (Wildman–Crippen LogP) is -0.789. The van der Waals surface area contributed by atoms with Gasteiger partial charge >= 0.3 is 0 Å². The van der Waals surface area contributed by atoms with Crippen molar-refractivity contribution in [3.8, 4) is 0 Å². The molecule has 0 aromatic heterocycles. The molecule has 1 amide bonds. The Morgan fingerprint density at radius 1 is 1.69 bits per heavy atom. The zero-order valence-electron chi connectivity index (χ0n) is 7.95. The van der Waals surface area contributed by atoms with E-state index in [0.29, 0.717) is 6.61 Å². The van der Waals surface area contributed by atoms with Crippen molar-refractivity contribution in [1.82, 2.24) is 5.32 Å². The van der Waals surface area contributed by atoms with E-state index in [2.05, 4.69) is 5.32 Å². The molecule has 0 aromatic carbocycles. The molecule has 3 N–H and O–H groups in total. The molecule has 5 nitrogen and oxygen atoms in total. The summed E-state index contributed by atoms with van der Waals surface area (Å²) in [5.41, 5.74) is 5.32. The molecular weight excluding hydrogens is 172 g/mol. The maximum Gasteiger partial charge on any atom is 0.251 e. The van der Waals surface area contributed by atoms with E-state index in [9.17, 15) is 4.79 Å². The minimum Gasteiger partial charge on any atom is -0.352 e. The number of ether oxygens (including phenoxy) is 2. The van der Waals surface area contributed by atoms with Gasteiger partial charge in [0.05, 0.1) is 6.61 Å². The van der Waals surface area contributed by atoms with Crippen LogP contribution in [0.4, 0.5) is 0 Å². The minimum atomic E-state index is -0.504. The van der Waals surface area contributed by atoms with Crippen molar-refractivity contribution in [1.29, 1.82) is 0 Å². The van der Waals surface area contributed by atoms with Gasteiger partial charge in [0.15, 0.2) is 12.4 Å². The van der Waals surface area contributed by atoms with E-state index in [1.807, 2.05) is 13.8 Å². The third kappa shape index (κ3) is 2.95. The fourth-order valence-corrected chi connectivity index (χ4v) is 1.10. The first kappa shape index (κ1) is 10.4. The van der Waals surface area contributed by atoms with Crippen molar-refractivity contribution in [2.75, 3.05) is 13.2 Å². The monoisotopic (exact) mass is 188 g/mol. The third-order valence-electron chi connectivity index (χ3n) is 1.67. The molecule has 1 heterocycles. The molecule has 2 unspecified atom stereocenters. The lowest BCUT2D eigenvalue weighted by Gasteiger charge is -2.12. The molecule has 1 aliphatic rings. The standard InChI is InChI=1S/C8H16N2O3/c1-5(2)10-8(11)6-4-12-7(3-9)13-6/h5-7H,3-4,9H2,1-2H3,(H,10,11). The Morgan fingerprint density at radius 2 is 2.38 bits per heavy atom. The van der Waals surface area contributed by atoms with Crippen molar-refractivity contribution in [3.63, 3.8) is 0 Å². The molecule has 0 radical (unpaired) electrons. The molecule has 0 aromatic rings. The van der Waals surface area contributed by atoms with E-state index in [1.54, 1.807) is 0 Å². The van der Waals surface area contributed by atoms with Crippen LogP contribution in [0.5, 0.6) is 0 Å². The number of nitrogens with one attached hydrogen (secondary N) is 1. The summed E-state index contributed by atoms with van der Waals surface area (Å²) < 4.78 is 10.3. The summed E-state index contributed by atoms with van der Waals surface area (Å²) in [4.78, 5) is 11.4. The van der Waals surface area contributed by atoms with E-state index in [0.717, 1.165) is 0 Å². The second kappa shape index (κ2) is 4.55. The second-order valence-electron chi connectivity index (χ2n) is 3.29. The fourth-order valence-electron chi connectivity index (χ4n) is 1.10. The van der Waals surface area contributed by atoms with Crippen LogP contribution in [-0.4, -0.2) is 37.5 Å². The normalized spacial score (nSPS) is 28.0. The summed E-state index contributed by atoms with van der Waals surface area (Å²) in [5, 5.41) is 2.74. The van der Waals surface area contributed by atoms with Gasteiger partial charge < -0.3 is 20.5 Å². The van der Waals surface area contributed by atoms with E-state index in [1.165, 1.54) is 0 Å². The van der Waals surface area contributed by atoms with Crippen molar-refractivity contribution in [2.24, 2.45) is 5.73 Å². The number of amides is 1. The zero-order valence-corrected chi connectivity index (χ0v) is 7.95. The molecule has 1 saturated heterocycles. The molecule has 1 aliphatic heterocycles. The van der Waals surface area contributed by atoms with Gasteiger partial charge in [0, 0.05) is 12.6 Å². The molecule has 0 aliphatic carbocycles. The number of nitrogens with two attached hydrogens (primary N) is 1. The quantitative estimate of drug-likeness (QED) is 0.609. The second-order valence-corrected chi connectivity index (χ2v) is 3.29. The van der Waals surface area contributed by atoms with Gasteiger partial charge in [-0.15, -0.1) is 0 Å². The largest absolute Gasteiger partial charge is 0.352 e. The Morgan fingerprint density at radius 3 is 2.85 bits per heavy atom. The molecule has 13 heavy (non-hydrogen) atoms. The molecule has 2 atom stereocenters. The first-order chi connectivity index (χ1) is 6.13. The van der Waals surface area contributed by atoms with Gasteiger partial charge in [-0.1, -0.05) is 0 Å². The van der Waals surface area contributed by atoms with Crippen molar-refractivity contribution in [3.05, 3.63) is 0 Å². The summed E-state index contributed by atoms with van der Waals surface area (Å²) in [6.07, 6.45) is -0.932. The van der Waals surface area contributed by atoms with Crippen LogP contribution >= 0.6 is 0 Å². The highest BCUT2D eigenvalue weighted by atomic mass is 16.7. The van der Waals surface area contributed by atoms with Gasteiger partial charge in [-0.05, 0) is 13.8 Å². The van der Waals surface area contributed by atoms with E-state index >= 15 is 0 Å². The number of hydrogen-bond acceptors (Lipinski definition) is 4. The van der Waals surface area contributed by atoms with Gasteiger partial charge in [0.2, 0.25) is 0 Å². The van der Waals surface area contributed by atoms with Crippen LogP contribution in [0, 0.1) is 0 Å². The van der Waals surface area contributed by atoms with E-state index < -0.39 is 12.4 Å². The molecular formula is C8H16N2O3. The van der Waals surface area contributed by atoms with E-state index in [4.69, 9.17) is 15.2 Å². The molecule has 76 valence electrons. The highest BCUT2D eigenvalue weighted by Gasteiger charge is 2.30. The van der Waals surface area contributed by atoms with Crippen molar-refractivity contribution >= 4 is 5.91 Å². The fraction of sp³-hybridized carbons (Fsp3) is 0.875. The third-order valence-corrected chi connectivity index (χ3v) is 1.67. The van der Waals surface area contributed by atoms with Crippen LogP contribution in [0.1, 0.15) is 13.8 Å². The van der Waals surface area contributed by atoms with Gasteiger partial charge in [0.25, 0.3) is 5.91 Å². The van der Waals surface area contributed by atoms with Crippen LogP contribution in [-0.2, 0) is 14.3 Å². The summed E-state index contributed by atoms with van der Waals surface area (Å²) >= 11 is 0. The average Bonchev–Trinajstić information content (AvgIpc) is 2.50. The zero-order chi connectivity index (χ0) is 9.84. The smallest absolute Gasteiger partial charge is 0.251 e. The molecule has 1 rings (SSSR count). The summed E-state index contributed by atoms with van der Waals surface area (Å²) in [7, 11) is 0. The lowest BCUT2D eigenvalue weighted by Crippen LogP contribution is -2.40. The number of rotatable bonds is 3. The first-order valence-electron chi connectivity index (χ1n) is 4.41. The topological polar surface area (TPSA) is 73.6 Å². The van der Waals surface area contributed by atoms with Gasteiger partial charge in [-0.3, -0.25) is 4.79 Å². The van der Waals surface area contributed by atoms with Crippen LogP contribution < -0.4 is 11.1 Å². The minimum absolute atomic E-state index is 0.119. The maximum absolute atomic E-state index is 11.4. The summed E-state index contributed by atoms with van der Waals surface area (Å²) in [6, 6.07) is 0.119. The van der Waals surface area contributed by atoms with Gasteiger partial charge in [-0.25, -0.2) is 0 Å². The van der Waals surface area contributed by atoms with Gasteiger partial charge in [0.1, 0.15) is 0 Å². The molecule has 5 heteroatoms. The van der Waals surface area contributed by atoms with Crippen LogP contribution in [0.3, 0.4) is 0 Å². The Kier molecular flexibility index (Phi) is 3.65. The maximum atomic E-state index is 11.4. The molecule has 0 bridgehead atoms. The summed E-state index contributed by atoms with van der Waals surface area (Å²) in [6.45, 7) is 4.37. The number of hydrogen-bond donors (Lipinski definition) is 2. The molecule has 1 fully saturated rings. The highest BCUT2D eigenvalue weighted by molar-refractivity contribution is 5.81. The SMILES string of the molecule is CC(C)NC(=O)C1COC(CN)O1. The Balaban J connectivity index is 2.33. The summed E-state index contributed by atoms with van der Waals surface area (Å²) in [5.74, 6) is -0.133. The average molecular weight is 188 g/mol. The number of carbonyl (C=O) groups is 1. The Hall–Kier alpha value is -0.650. The molecule has 0 spiro atoms. The number of carbonyl (C=O) groups excluding carboxylic acids is 1. The van der Waals surface area contributed by atoms with Crippen molar-refractivity contribution in [2.45, 2.75) is 32.3 Å². The van der Waals surface area contributed by atoms with Crippen LogP contribution in [0.15, 0.2) is 0 Å². The van der Waals surface area contributed by atoms with E-state index in [-0.39, 0.29) is 18.5 Å². The lowest BCUT2D eigenvalue weighted by atomic mass is 10.3. The lowest BCUT2D eigenvalue weighted by molar-refractivity contribution is -0.133. The highest BCUT2D eigenvalue weighted by Crippen LogP contribution is 2.10. The Bertz CT molecular complexity index is 184. The van der Waals surface area contributed by atoms with Crippen LogP contribution in [0.25, 0.3) is 0 Å². The van der Waals surface area contributed by atoms with Gasteiger partial charge in [-0.2, -0.15) is 0 Å².